The van der Waals surface area contributed by atoms with Gasteiger partial charge in [0.15, 0.2) is 0 Å². The third kappa shape index (κ3) is 5.04. The molecule has 0 amide bonds. The molecule has 4 nitrogen and oxygen atoms in total. The van der Waals surface area contributed by atoms with E-state index in [0.29, 0.717) is 19.1 Å². The maximum atomic E-state index is 12.0. The number of hydrogen-bond acceptors (Lipinski definition) is 4. The Labute approximate surface area is 105 Å². The summed E-state index contributed by atoms with van der Waals surface area (Å²) in [4.78, 5) is 12.0. The molecule has 17 heavy (non-hydrogen) atoms. The van der Waals surface area contributed by atoms with Crippen LogP contribution in [0.5, 0.6) is 0 Å². The van der Waals surface area contributed by atoms with E-state index in [0.717, 1.165) is 19.3 Å². The van der Waals surface area contributed by atoms with Gasteiger partial charge in [-0.25, -0.2) is 0 Å². The molecule has 0 heterocycles. The van der Waals surface area contributed by atoms with Gasteiger partial charge >= 0.3 is 5.97 Å². The highest BCUT2D eigenvalue weighted by Crippen LogP contribution is 2.24. The van der Waals surface area contributed by atoms with E-state index in [1.54, 1.807) is 7.11 Å². The summed E-state index contributed by atoms with van der Waals surface area (Å²) in [5.74, 6) is 0.320. The van der Waals surface area contributed by atoms with Crippen molar-refractivity contribution in [1.29, 1.82) is 0 Å². The molecule has 0 radical (unpaired) electrons. The van der Waals surface area contributed by atoms with Gasteiger partial charge < -0.3 is 9.47 Å². The summed E-state index contributed by atoms with van der Waals surface area (Å²) in [5, 5.41) is 3.30. The van der Waals surface area contributed by atoms with Crippen molar-refractivity contribution >= 4 is 5.97 Å². The molecule has 0 aliphatic rings. The number of carbonyl (C=O) groups excluding carboxylic acids is 1. The van der Waals surface area contributed by atoms with Crippen molar-refractivity contribution < 1.29 is 14.3 Å². The van der Waals surface area contributed by atoms with Gasteiger partial charge in [0.2, 0.25) is 0 Å². The average molecular weight is 245 g/mol. The van der Waals surface area contributed by atoms with Crippen molar-refractivity contribution in [3.63, 3.8) is 0 Å². The van der Waals surface area contributed by atoms with Crippen molar-refractivity contribution in [3.8, 4) is 0 Å². The maximum absolute atomic E-state index is 12.0. The summed E-state index contributed by atoms with van der Waals surface area (Å²) >= 11 is 0. The zero-order chi connectivity index (χ0) is 13.3. The molecule has 2 unspecified atom stereocenters. The number of ether oxygens (including phenoxy) is 2. The van der Waals surface area contributed by atoms with Crippen LogP contribution in [-0.2, 0) is 14.3 Å². The second-order valence-corrected chi connectivity index (χ2v) is 4.56. The molecule has 0 saturated carbocycles. The SMILES string of the molecule is CCC(C)CC(CC)(NCCOC)C(=O)OC. The van der Waals surface area contributed by atoms with Crippen LogP contribution in [0.3, 0.4) is 0 Å². The first-order valence-electron chi connectivity index (χ1n) is 6.38. The molecule has 0 spiro atoms. The zero-order valence-electron chi connectivity index (χ0n) is 11.8. The van der Waals surface area contributed by atoms with Crippen LogP contribution in [0, 0.1) is 5.92 Å². The molecule has 0 aliphatic heterocycles. The Morgan fingerprint density at radius 2 is 2.00 bits per heavy atom. The van der Waals surface area contributed by atoms with Crippen LogP contribution in [0.1, 0.15) is 40.0 Å². The molecule has 1 N–H and O–H groups in total. The summed E-state index contributed by atoms with van der Waals surface area (Å²) in [6.07, 6.45) is 2.59. The summed E-state index contributed by atoms with van der Waals surface area (Å²) in [5.41, 5.74) is -0.567. The highest BCUT2D eigenvalue weighted by molar-refractivity contribution is 5.80. The summed E-state index contributed by atoms with van der Waals surface area (Å²) < 4.78 is 9.95. The Morgan fingerprint density at radius 3 is 2.41 bits per heavy atom. The molecular weight excluding hydrogens is 218 g/mol. The molecule has 0 aromatic heterocycles. The lowest BCUT2D eigenvalue weighted by atomic mass is 9.84. The van der Waals surface area contributed by atoms with Crippen LogP contribution in [0.25, 0.3) is 0 Å². The van der Waals surface area contributed by atoms with Crippen LogP contribution in [0.2, 0.25) is 0 Å². The van der Waals surface area contributed by atoms with E-state index in [2.05, 4.69) is 19.2 Å². The van der Waals surface area contributed by atoms with E-state index in [-0.39, 0.29) is 5.97 Å². The van der Waals surface area contributed by atoms with Crippen molar-refractivity contribution in [3.05, 3.63) is 0 Å². The van der Waals surface area contributed by atoms with Gasteiger partial charge in [-0.2, -0.15) is 0 Å². The van der Waals surface area contributed by atoms with Gasteiger partial charge in [-0.15, -0.1) is 0 Å². The fourth-order valence-corrected chi connectivity index (χ4v) is 1.97. The summed E-state index contributed by atoms with van der Waals surface area (Å²) in [6.45, 7) is 7.57. The summed E-state index contributed by atoms with van der Waals surface area (Å²) in [6, 6.07) is 0. The zero-order valence-corrected chi connectivity index (χ0v) is 11.8. The van der Waals surface area contributed by atoms with E-state index < -0.39 is 5.54 Å². The van der Waals surface area contributed by atoms with Gasteiger partial charge in [0, 0.05) is 13.7 Å². The number of nitrogens with one attached hydrogen (secondary N) is 1. The first kappa shape index (κ1) is 16.4. The van der Waals surface area contributed by atoms with Crippen LogP contribution in [0.15, 0.2) is 0 Å². The first-order valence-corrected chi connectivity index (χ1v) is 6.38. The lowest BCUT2D eigenvalue weighted by molar-refractivity contribution is -0.149. The van der Waals surface area contributed by atoms with Gasteiger partial charge in [-0.05, 0) is 18.8 Å². The predicted molar refractivity (Wildman–Crippen MR) is 69.0 cm³/mol. The molecule has 0 aromatic carbocycles. The van der Waals surface area contributed by atoms with Crippen LogP contribution in [-0.4, -0.2) is 38.9 Å². The van der Waals surface area contributed by atoms with E-state index in [9.17, 15) is 4.79 Å². The smallest absolute Gasteiger partial charge is 0.326 e. The standard InChI is InChI=1S/C13H27NO3/c1-6-11(3)10-13(7-2,12(15)17-5)14-8-9-16-4/h11,14H,6-10H2,1-5H3. The Hall–Kier alpha value is -0.610. The Bertz CT molecular complexity index is 221. The molecule has 0 aromatic rings. The van der Waals surface area contributed by atoms with Gasteiger partial charge in [-0.1, -0.05) is 27.2 Å². The third-order valence-electron chi connectivity index (χ3n) is 3.34. The monoisotopic (exact) mass is 245 g/mol. The van der Waals surface area contributed by atoms with E-state index in [1.807, 2.05) is 6.92 Å². The van der Waals surface area contributed by atoms with Crippen LogP contribution in [0.4, 0.5) is 0 Å². The normalized spacial score (nSPS) is 16.3. The van der Waals surface area contributed by atoms with Crippen molar-refractivity contribution in [1.82, 2.24) is 5.32 Å². The Balaban J connectivity index is 4.68. The minimum atomic E-state index is -0.567. The minimum absolute atomic E-state index is 0.170. The van der Waals surface area contributed by atoms with Gasteiger partial charge in [0.1, 0.15) is 5.54 Å². The molecule has 0 rings (SSSR count). The second kappa shape index (κ2) is 8.48. The predicted octanol–water partition coefficient (Wildman–Crippen LogP) is 1.98. The summed E-state index contributed by atoms with van der Waals surface area (Å²) in [7, 11) is 3.10. The second-order valence-electron chi connectivity index (χ2n) is 4.56. The Kier molecular flexibility index (Phi) is 8.17. The lowest BCUT2D eigenvalue weighted by Gasteiger charge is -2.33. The fourth-order valence-electron chi connectivity index (χ4n) is 1.97. The molecule has 102 valence electrons. The molecule has 0 bridgehead atoms. The molecule has 2 atom stereocenters. The molecule has 0 aliphatic carbocycles. The lowest BCUT2D eigenvalue weighted by Crippen LogP contribution is -2.54. The van der Waals surface area contributed by atoms with Crippen molar-refractivity contribution in [2.75, 3.05) is 27.4 Å². The molecule has 0 saturated heterocycles. The topological polar surface area (TPSA) is 47.6 Å². The third-order valence-corrected chi connectivity index (χ3v) is 3.34. The van der Waals surface area contributed by atoms with E-state index >= 15 is 0 Å². The van der Waals surface area contributed by atoms with Crippen LogP contribution < -0.4 is 5.32 Å². The van der Waals surface area contributed by atoms with Crippen LogP contribution >= 0.6 is 0 Å². The highest BCUT2D eigenvalue weighted by atomic mass is 16.5. The quantitative estimate of drug-likeness (QED) is 0.498. The minimum Gasteiger partial charge on any atom is -0.468 e. The Morgan fingerprint density at radius 1 is 1.35 bits per heavy atom. The van der Waals surface area contributed by atoms with Gasteiger partial charge in [-0.3, -0.25) is 10.1 Å². The fraction of sp³-hybridized carbons (Fsp3) is 0.923. The van der Waals surface area contributed by atoms with Gasteiger partial charge in [0.05, 0.1) is 13.7 Å². The first-order chi connectivity index (χ1) is 8.06. The average Bonchev–Trinajstić information content (AvgIpc) is 2.36. The van der Waals surface area contributed by atoms with E-state index in [1.165, 1.54) is 7.11 Å². The maximum Gasteiger partial charge on any atom is 0.326 e. The molecule has 0 fully saturated rings. The number of hydrogen-bond donors (Lipinski definition) is 1. The molecule has 4 heteroatoms. The number of methoxy groups -OCH3 is 2. The molecular formula is C13H27NO3. The van der Waals surface area contributed by atoms with Crippen molar-refractivity contribution in [2.24, 2.45) is 5.92 Å². The largest absolute Gasteiger partial charge is 0.468 e. The van der Waals surface area contributed by atoms with Gasteiger partial charge in [0.25, 0.3) is 0 Å². The number of carbonyl (C=O) groups is 1. The highest BCUT2D eigenvalue weighted by Gasteiger charge is 2.38. The van der Waals surface area contributed by atoms with E-state index in [4.69, 9.17) is 9.47 Å². The number of esters is 1. The number of rotatable bonds is 9. The van der Waals surface area contributed by atoms with Crippen molar-refractivity contribution in [2.45, 2.75) is 45.6 Å².